The maximum Gasteiger partial charge on any atom is 0.326 e. The van der Waals surface area contributed by atoms with Crippen molar-refractivity contribution in [2.24, 2.45) is 5.92 Å². The highest BCUT2D eigenvalue weighted by Gasteiger charge is 2.35. The number of benzene rings is 1. The molecule has 0 aliphatic carbocycles. The molecular weight excluding hydrogens is 447 g/mol. The lowest BCUT2D eigenvalue weighted by molar-refractivity contribution is -0.143. The first-order chi connectivity index (χ1) is 16.0. The molecule has 1 aromatic carbocycles. The highest BCUT2D eigenvalue weighted by molar-refractivity contribution is 6.01. The number of carbonyl (C=O) groups is 4. The second kappa shape index (κ2) is 10.1. The number of H-pyrrole nitrogens is 1. The van der Waals surface area contributed by atoms with Crippen LogP contribution in [-0.2, 0) is 14.4 Å². The summed E-state index contributed by atoms with van der Waals surface area (Å²) in [4.78, 5) is 52.3. The van der Waals surface area contributed by atoms with Crippen LogP contribution in [0.5, 0.6) is 5.75 Å². The van der Waals surface area contributed by atoms with Gasteiger partial charge < -0.3 is 30.8 Å². The fraction of sp³-hybridized carbons (Fsp3) is 0.478. The van der Waals surface area contributed by atoms with Crippen molar-refractivity contribution in [1.82, 2.24) is 20.9 Å². The summed E-state index contributed by atoms with van der Waals surface area (Å²) in [7, 11) is 1.50. The van der Waals surface area contributed by atoms with Gasteiger partial charge in [-0.25, -0.2) is 9.18 Å². The second-order valence-corrected chi connectivity index (χ2v) is 8.97. The topological polar surface area (TPSA) is 150 Å². The van der Waals surface area contributed by atoms with Crippen LogP contribution in [0.1, 0.15) is 43.6 Å². The van der Waals surface area contributed by atoms with Gasteiger partial charge in [0.2, 0.25) is 11.8 Å². The van der Waals surface area contributed by atoms with E-state index in [4.69, 9.17) is 4.74 Å². The average molecular weight is 477 g/mol. The fourth-order valence-corrected chi connectivity index (χ4v) is 4.01. The molecule has 0 saturated carbocycles. The molecule has 0 radical (unpaired) electrons. The Morgan fingerprint density at radius 3 is 2.59 bits per heavy atom. The van der Waals surface area contributed by atoms with E-state index >= 15 is 0 Å². The number of carboxylic acid groups (broad SMARTS) is 1. The van der Waals surface area contributed by atoms with Crippen LogP contribution < -0.4 is 20.7 Å². The fourth-order valence-electron chi connectivity index (χ4n) is 4.01. The van der Waals surface area contributed by atoms with Gasteiger partial charge in [-0.2, -0.15) is 0 Å². The van der Waals surface area contributed by atoms with Gasteiger partial charge in [0.05, 0.1) is 7.11 Å². The third-order valence-electron chi connectivity index (χ3n) is 5.70. The summed E-state index contributed by atoms with van der Waals surface area (Å²) in [5.41, 5.74) is -1.06. The van der Waals surface area contributed by atoms with Crippen molar-refractivity contribution in [3.8, 4) is 5.75 Å². The highest BCUT2D eigenvalue weighted by Crippen LogP contribution is 2.26. The highest BCUT2D eigenvalue weighted by atomic mass is 19.1. The molecule has 11 heteroatoms. The van der Waals surface area contributed by atoms with Gasteiger partial charge in [0.15, 0.2) is 0 Å². The Bertz CT molecular complexity index is 1090. The Kier molecular flexibility index (Phi) is 7.43. The zero-order valence-corrected chi connectivity index (χ0v) is 19.2. The number of methoxy groups -OCH3 is 1. The minimum absolute atomic E-state index is 0.103. The summed E-state index contributed by atoms with van der Waals surface area (Å²) in [6.45, 7) is 2.95. The average Bonchev–Trinajstić information content (AvgIpc) is 3.37. The number of halogens is 1. The summed E-state index contributed by atoms with van der Waals surface area (Å²) >= 11 is 0. The number of rotatable bonds is 10. The number of carbonyl (C=O) groups excluding carboxylic acids is 3. The number of amides is 3. The SMILES string of the molecule is COc1cccc2[nH]c(C(=O)NC(CC(C)(C)F)C(=O)NC(CC3CCNC3=O)C(=O)O)cc12. The predicted molar refractivity (Wildman–Crippen MR) is 121 cm³/mol. The van der Waals surface area contributed by atoms with E-state index in [1.807, 2.05) is 0 Å². The minimum atomic E-state index is -1.83. The summed E-state index contributed by atoms with van der Waals surface area (Å²) in [5.74, 6) is -3.10. The number of aromatic nitrogens is 1. The van der Waals surface area contributed by atoms with Gasteiger partial charge in [0, 0.05) is 29.8 Å². The first-order valence-corrected chi connectivity index (χ1v) is 10.9. The summed E-state index contributed by atoms with van der Waals surface area (Å²) in [5, 5.41) is 17.7. The Labute approximate surface area is 195 Å². The zero-order chi connectivity index (χ0) is 25.0. The van der Waals surface area contributed by atoms with Crippen molar-refractivity contribution in [2.75, 3.05) is 13.7 Å². The molecule has 1 aliphatic rings. The Morgan fingerprint density at radius 2 is 2.00 bits per heavy atom. The molecule has 3 amide bonds. The van der Waals surface area contributed by atoms with E-state index in [-0.39, 0.29) is 24.4 Å². The smallest absolute Gasteiger partial charge is 0.326 e. The molecule has 3 rings (SSSR count). The van der Waals surface area contributed by atoms with Gasteiger partial charge in [-0.15, -0.1) is 0 Å². The first kappa shape index (κ1) is 25.0. The van der Waals surface area contributed by atoms with Gasteiger partial charge in [0.25, 0.3) is 5.91 Å². The normalized spacial score (nSPS) is 17.6. The van der Waals surface area contributed by atoms with Crippen LogP contribution in [0.15, 0.2) is 24.3 Å². The van der Waals surface area contributed by atoms with Crippen LogP contribution in [0.2, 0.25) is 0 Å². The number of fused-ring (bicyclic) bond motifs is 1. The molecule has 1 fully saturated rings. The Balaban J connectivity index is 1.77. The molecular formula is C23H29FN4O6. The van der Waals surface area contributed by atoms with Crippen molar-refractivity contribution in [3.63, 3.8) is 0 Å². The maximum atomic E-state index is 14.5. The number of carboxylic acids is 1. The zero-order valence-electron chi connectivity index (χ0n) is 19.2. The predicted octanol–water partition coefficient (Wildman–Crippen LogP) is 1.51. The molecule has 2 heterocycles. The third-order valence-corrected chi connectivity index (χ3v) is 5.70. The van der Waals surface area contributed by atoms with Crippen LogP contribution in [0.25, 0.3) is 10.9 Å². The van der Waals surface area contributed by atoms with E-state index in [9.17, 15) is 28.7 Å². The molecule has 0 bridgehead atoms. The molecule has 34 heavy (non-hydrogen) atoms. The second-order valence-electron chi connectivity index (χ2n) is 8.97. The molecule has 184 valence electrons. The lowest BCUT2D eigenvalue weighted by Gasteiger charge is -2.25. The van der Waals surface area contributed by atoms with Crippen molar-refractivity contribution in [1.29, 1.82) is 0 Å². The molecule has 1 aromatic heterocycles. The molecule has 3 unspecified atom stereocenters. The molecule has 0 spiro atoms. The monoisotopic (exact) mass is 476 g/mol. The van der Waals surface area contributed by atoms with Crippen LogP contribution in [0.3, 0.4) is 0 Å². The van der Waals surface area contributed by atoms with E-state index in [1.165, 1.54) is 21.0 Å². The molecule has 1 saturated heterocycles. The quantitative estimate of drug-likeness (QED) is 0.351. The van der Waals surface area contributed by atoms with Gasteiger partial charge >= 0.3 is 5.97 Å². The summed E-state index contributed by atoms with van der Waals surface area (Å²) < 4.78 is 19.8. The van der Waals surface area contributed by atoms with Crippen LogP contribution >= 0.6 is 0 Å². The van der Waals surface area contributed by atoms with E-state index in [0.717, 1.165) is 0 Å². The van der Waals surface area contributed by atoms with Crippen LogP contribution in [-0.4, -0.2) is 65.2 Å². The largest absolute Gasteiger partial charge is 0.496 e. The standard InChI is InChI=1S/C23H29FN4O6/c1-23(2,24)11-17(21(31)27-16(22(32)33)9-12-7-8-25-19(12)29)28-20(30)15-10-13-14(26-15)5-4-6-18(13)34-3/h4-6,10,12,16-17,26H,7-9,11H2,1-3H3,(H,25,29)(H,27,31)(H,28,30)(H,32,33). The number of hydrogen-bond donors (Lipinski definition) is 5. The molecule has 5 N–H and O–H groups in total. The number of aromatic amines is 1. The minimum Gasteiger partial charge on any atom is -0.496 e. The van der Waals surface area contributed by atoms with Gasteiger partial charge in [-0.3, -0.25) is 14.4 Å². The van der Waals surface area contributed by atoms with Crippen LogP contribution in [0, 0.1) is 5.92 Å². The number of alkyl halides is 1. The molecule has 2 aromatic rings. The van der Waals surface area contributed by atoms with E-state index < -0.39 is 41.5 Å². The van der Waals surface area contributed by atoms with Gasteiger partial charge in [-0.05, 0) is 44.9 Å². The molecule has 1 aliphatic heterocycles. The van der Waals surface area contributed by atoms with Gasteiger partial charge in [-0.1, -0.05) is 6.07 Å². The van der Waals surface area contributed by atoms with E-state index in [0.29, 0.717) is 29.6 Å². The maximum absolute atomic E-state index is 14.5. The third kappa shape index (κ3) is 6.03. The number of aliphatic carboxylic acids is 1. The number of hydrogen-bond acceptors (Lipinski definition) is 5. The summed E-state index contributed by atoms with van der Waals surface area (Å²) in [6, 6.07) is 4.08. The molecule has 3 atom stereocenters. The van der Waals surface area contributed by atoms with E-state index in [1.54, 1.807) is 24.3 Å². The van der Waals surface area contributed by atoms with Crippen molar-refractivity contribution in [2.45, 2.75) is 50.9 Å². The van der Waals surface area contributed by atoms with Gasteiger partial charge in [0.1, 0.15) is 29.2 Å². The lowest BCUT2D eigenvalue weighted by atomic mass is 9.96. The lowest BCUT2D eigenvalue weighted by Crippen LogP contribution is -2.53. The van der Waals surface area contributed by atoms with Crippen molar-refractivity contribution >= 4 is 34.6 Å². The first-order valence-electron chi connectivity index (χ1n) is 10.9. The molecule has 10 nitrogen and oxygen atoms in total. The number of nitrogens with one attached hydrogen (secondary N) is 4. The summed E-state index contributed by atoms with van der Waals surface area (Å²) in [6.07, 6.45) is -0.0290. The Hall–Kier alpha value is -3.63. The van der Waals surface area contributed by atoms with E-state index in [2.05, 4.69) is 20.9 Å². The van der Waals surface area contributed by atoms with Crippen molar-refractivity contribution < 1.29 is 33.4 Å². The number of ether oxygens (including phenoxy) is 1. The van der Waals surface area contributed by atoms with Crippen molar-refractivity contribution in [3.05, 3.63) is 30.0 Å². The van der Waals surface area contributed by atoms with Crippen LogP contribution in [0.4, 0.5) is 4.39 Å². The Morgan fingerprint density at radius 1 is 1.26 bits per heavy atom.